The van der Waals surface area contributed by atoms with E-state index in [1.54, 1.807) is 0 Å². The summed E-state index contributed by atoms with van der Waals surface area (Å²) in [5.41, 5.74) is 1.16. The molecule has 1 nitrogen and oxygen atoms in total. The van der Waals surface area contributed by atoms with Crippen molar-refractivity contribution in [3.63, 3.8) is 0 Å². The molecule has 1 aliphatic carbocycles. The zero-order chi connectivity index (χ0) is 6.69. The third-order valence-electron chi connectivity index (χ3n) is 1.50. The Hall–Kier alpha value is -0.850. The van der Waals surface area contributed by atoms with Gasteiger partial charge in [-0.1, -0.05) is 25.2 Å². The molecule has 0 aromatic heterocycles. The number of allylic oxidation sites excluding steroid dienone is 4. The van der Waals surface area contributed by atoms with Crippen LogP contribution >= 0.6 is 0 Å². The highest BCUT2D eigenvalue weighted by Gasteiger charge is 2.03. The fraction of sp³-hybridized carbons (Fsp3) is 0.375. The molecule has 0 saturated heterocycles. The van der Waals surface area contributed by atoms with Crippen LogP contribution in [0, 0.1) is 5.92 Å². The van der Waals surface area contributed by atoms with E-state index in [1.807, 2.05) is 19.2 Å². The van der Waals surface area contributed by atoms with Crippen LogP contribution in [0.4, 0.5) is 0 Å². The molecule has 9 heavy (non-hydrogen) atoms. The van der Waals surface area contributed by atoms with E-state index in [0.717, 1.165) is 5.71 Å². The highest BCUT2D eigenvalue weighted by atomic mass is 14.7. The van der Waals surface area contributed by atoms with E-state index in [0.29, 0.717) is 5.92 Å². The van der Waals surface area contributed by atoms with Crippen molar-refractivity contribution in [3.05, 3.63) is 24.3 Å². The summed E-state index contributed by atoms with van der Waals surface area (Å²) in [6.45, 7) is 2.14. The molecular weight excluding hydrogens is 110 g/mol. The van der Waals surface area contributed by atoms with Crippen molar-refractivity contribution in [3.8, 4) is 0 Å². The van der Waals surface area contributed by atoms with Crippen LogP contribution in [0.25, 0.3) is 0 Å². The molecule has 0 saturated carbocycles. The maximum absolute atomic E-state index is 4.11. The minimum atomic E-state index is 0.500. The van der Waals surface area contributed by atoms with Gasteiger partial charge in [-0.25, -0.2) is 0 Å². The summed E-state index contributed by atoms with van der Waals surface area (Å²) in [7, 11) is 1.83. The third-order valence-corrected chi connectivity index (χ3v) is 1.50. The van der Waals surface area contributed by atoms with Crippen LogP contribution < -0.4 is 0 Å². The van der Waals surface area contributed by atoms with Crippen LogP contribution in [0.1, 0.15) is 6.92 Å². The fourth-order valence-corrected chi connectivity index (χ4v) is 0.914. The second-order valence-electron chi connectivity index (χ2n) is 2.18. The van der Waals surface area contributed by atoms with Crippen molar-refractivity contribution in [2.24, 2.45) is 10.9 Å². The second-order valence-corrected chi connectivity index (χ2v) is 2.18. The summed E-state index contributed by atoms with van der Waals surface area (Å²) in [5.74, 6) is 0.500. The van der Waals surface area contributed by atoms with Gasteiger partial charge in [0.25, 0.3) is 0 Å². The van der Waals surface area contributed by atoms with Crippen LogP contribution in [-0.4, -0.2) is 12.8 Å². The van der Waals surface area contributed by atoms with Crippen LogP contribution in [0.2, 0.25) is 0 Å². The average molecular weight is 121 g/mol. The standard InChI is InChI=1S/C8H11N/c1-7-5-3-4-6-8(7)9-2/h3-7H,1-2H3/t7-/m0/s1. The average Bonchev–Trinajstić information content (AvgIpc) is 1.89. The van der Waals surface area contributed by atoms with Crippen LogP contribution in [-0.2, 0) is 0 Å². The Balaban J connectivity index is 2.78. The van der Waals surface area contributed by atoms with Crippen LogP contribution in [0.3, 0.4) is 0 Å². The van der Waals surface area contributed by atoms with Gasteiger partial charge in [0, 0.05) is 18.7 Å². The first kappa shape index (κ1) is 6.27. The van der Waals surface area contributed by atoms with Gasteiger partial charge in [-0.3, -0.25) is 4.99 Å². The highest BCUT2D eigenvalue weighted by Crippen LogP contribution is 2.06. The molecule has 0 radical (unpaired) electrons. The van der Waals surface area contributed by atoms with Gasteiger partial charge in [0.1, 0.15) is 0 Å². The number of aliphatic imine (C=N–C) groups is 1. The SMILES string of the molecule is CN=C1C=CC=C[C@@H]1C. The monoisotopic (exact) mass is 121 g/mol. The number of nitrogens with zero attached hydrogens (tertiary/aromatic N) is 1. The van der Waals surface area contributed by atoms with Crippen molar-refractivity contribution in [1.29, 1.82) is 0 Å². The third kappa shape index (κ3) is 1.28. The topological polar surface area (TPSA) is 12.4 Å². The van der Waals surface area contributed by atoms with Gasteiger partial charge in [-0.05, 0) is 6.08 Å². The van der Waals surface area contributed by atoms with Gasteiger partial charge in [-0.15, -0.1) is 0 Å². The normalized spacial score (nSPS) is 29.6. The second kappa shape index (κ2) is 2.62. The molecule has 1 atom stereocenters. The van der Waals surface area contributed by atoms with E-state index in [1.165, 1.54) is 0 Å². The first-order valence-electron chi connectivity index (χ1n) is 3.16. The maximum Gasteiger partial charge on any atom is 0.0410 e. The molecule has 0 aromatic rings. The molecule has 0 bridgehead atoms. The molecule has 1 aliphatic rings. The lowest BCUT2D eigenvalue weighted by Gasteiger charge is -2.07. The largest absolute Gasteiger partial charge is 0.292 e. The Kier molecular flexibility index (Phi) is 1.83. The maximum atomic E-state index is 4.11. The molecular formula is C8H11N. The summed E-state index contributed by atoms with van der Waals surface area (Å²) in [6, 6.07) is 0. The summed E-state index contributed by atoms with van der Waals surface area (Å²) in [6.07, 6.45) is 8.26. The van der Waals surface area contributed by atoms with E-state index in [-0.39, 0.29) is 0 Å². The first-order valence-corrected chi connectivity index (χ1v) is 3.16. The molecule has 0 heterocycles. The van der Waals surface area contributed by atoms with Crippen molar-refractivity contribution in [2.75, 3.05) is 7.05 Å². The summed E-state index contributed by atoms with van der Waals surface area (Å²) < 4.78 is 0. The van der Waals surface area contributed by atoms with Gasteiger partial charge in [0.05, 0.1) is 0 Å². The molecule has 1 heteroatoms. The minimum Gasteiger partial charge on any atom is -0.292 e. The number of hydrogen-bond donors (Lipinski definition) is 0. The van der Waals surface area contributed by atoms with E-state index in [9.17, 15) is 0 Å². The summed E-state index contributed by atoms with van der Waals surface area (Å²) >= 11 is 0. The zero-order valence-electron chi connectivity index (χ0n) is 5.83. The van der Waals surface area contributed by atoms with Crippen molar-refractivity contribution >= 4 is 5.71 Å². The lowest BCUT2D eigenvalue weighted by atomic mass is 10.0. The summed E-state index contributed by atoms with van der Waals surface area (Å²) in [4.78, 5) is 4.11. The molecule has 0 aromatic carbocycles. The van der Waals surface area contributed by atoms with E-state index in [4.69, 9.17) is 0 Å². The lowest BCUT2D eigenvalue weighted by molar-refractivity contribution is 0.991. The molecule has 0 aliphatic heterocycles. The van der Waals surface area contributed by atoms with Gasteiger partial charge < -0.3 is 0 Å². The first-order chi connectivity index (χ1) is 4.34. The minimum absolute atomic E-state index is 0.500. The van der Waals surface area contributed by atoms with E-state index >= 15 is 0 Å². The molecule has 1 rings (SSSR count). The molecule has 0 fully saturated rings. The Morgan fingerprint density at radius 1 is 1.44 bits per heavy atom. The van der Waals surface area contributed by atoms with Crippen molar-refractivity contribution in [1.82, 2.24) is 0 Å². The zero-order valence-corrected chi connectivity index (χ0v) is 5.83. The lowest BCUT2D eigenvalue weighted by Crippen LogP contribution is -2.06. The van der Waals surface area contributed by atoms with Crippen molar-refractivity contribution < 1.29 is 0 Å². The predicted octanol–water partition coefficient (Wildman–Crippen LogP) is 1.82. The quantitative estimate of drug-likeness (QED) is 0.463. The van der Waals surface area contributed by atoms with Crippen LogP contribution in [0.5, 0.6) is 0 Å². The highest BCUT2D eigenvalue weighted by molar-refractivity contribution is 5.98. The number of hydrogen-bond acceptors (Lipinski definition) is 1. The van der Waals surface area contributed by atoms with Crippen LogP contribution in [0.15, 0.2) is 29.3 Å². The van der Waals surface area contributed by atoms with Gasteiger partial charge in [-0.2, -0.15) is 0 Å². The Labute approximate surface area is 55.8 Å². The van der Waals surface area contributed by atoms with Gasteiger partial charge in [0.15, 0.2) is 0 Å². The van der Waals surface area contributed by atoms with Gasteiger partial charge >= 0.3 is 0 Å². The van der Waals surface area contributed by atoms with Crippen molar-refractivity contribution in [2.45, 2.75) is 6.92 Å². The van der Waals surface area contributed by atoms with E-state index < -0.39 is 0 Å². The fourth-order valence-electron chi connectivity index (χ4n) is 0.914. The Bertz CT molecular complexity index is 175. The number of rotatable bonds is 0. The molecule has 0 N–H and O–H groups in total. The van der Waals surface area contributed by atoms with Gasteiger partial charge in [0.2, 0.25) is 0 Å². The molecule has 0 amide bonds. The Morgan fingerprint density at radius 2 is 2.22 bits per heavy atom. The van der Waals surface area contributed by atoms with E-state index in [2.05, 4.69) is 24.1 Å². The summed E-state index contributed by atoms with van der Waals surface area (Å²) in [5, 5.41) is 0. The Morgan fingerprint density at radius 3 is 2.67 bits per heavy atom. The predicted molar refractivity (Wildman–Crippen MR) is 40.8 cm³/mol. The smallest absolute Gasteiger partial charge is 0.0410 e. The molecule has 0 unspecified atom stereocenters. The molecule has 0 spiro atoms. The molecule has 48 valence electrons.